The molecule has 11 nitrogen and oxygen atoms in total. The number of amides is 4. The quantitative estimate of drug-likeness (QED) is 0.527. The van der Waals surface area contributed by atoms with Crippen molar-refractivity contribution in [1.29, 1.82) is 0 Å². The fraction of sp³-hybridized carbons (Fsp3) is 0.520. The van der Waals surface area contributed by atoms with Gasteiger partial charge in [-0.15, -0.1) is 11.3 Å². The zero-order valence-electron chi connectivity index (χ0n) is 21.9. The van der Waals surface area contributed by atoms with Crippen LogP contribution in [0.15, 0.2) is 18.3 Å². The monoisotopic (exact) mass is 561 g/mol. The van der Waals surface area contributed by atoms with Crippen molar-refractivity contribution in [1.82, 2.24) is 30.4 Å². The average Bonchev–Trinajstić information content (AvgIpc) is 3.32. The standard InChI is InChI=1S/C25H32ClN7O4S/c1-31(2)24(36)14-5-7-16(28-22(35)25(37)33(4)20-8-6-15(26)12-27-20)18(11-14)29-21(34)23-30-17-9-10-32(3)13-19(17)38-23/h6,8,12,14,16,18H,5,7,9-11,13H2,1-4H3,(H,28,35)(H,29,34)/t14-,16-,18?/m0/s1. The lowest BCUT2D eigenvalue weighted by Crippen LogP contribution is -2.57. The highest BCUT2D eigenvalue weighted by Gasteiger charge is 2.38. The molecule has 3 atom stereocenters. The van der Waals surface area contributed by atoms with Crippen molar-refractivity contribution < 1.29 is 19.2 Å². The number of fused-ring (bicyclic) bond motifs is 1. The summed E-state index contributed by atoms with van der Waals surface area (Å²) in [6.07, 6.45) is 3.46. The van der Waals surface area contributed by atoms with Crippen LogP contribution in [0.5, 0.6) is 0 Å². The lowest BCUT2D eigenvalue weighted by atomic mass is 9.81. The Balaban J connectivity index is 1.48. The van der Waals surface area contributed by atoms with Gasteiger partial charge in [-0.25, -0.2) is 9.97 Å². The maximum Gasteiger partial charge on any atom is 0.317 e. The molecule has 4 amide bonds. The highest BCUT2D eigenvalue weighted by atomic mass is 35.5. The number of thiazole rings is 1. The maximum absolute atomic E-state index is 13.2. The molecule has 38 heavy (non-hydrogen) atoms. The van der Waals surface area contributed by atoms with Gasteiger partial charge in [0.05, 0.1) is 16.8 Å². The van der Waals surface area contributed by atoms with Crippen molar-refractivity contribution in [2.24, 2.45) is 5.92 Å². The Kier molecular flexibility index (Phi) is 8.64. The van der Waals surface area contributed by atoms with Crippen LogP contribution in [0.2, 0.25) is 5.02 Å². The first-order valence-corrected chi connectivity index (χ1v) is 13.6. The summed E-state index contributed by atoms with van der Waals surface area (Å²) < 4.78 is 0. The molecular formula is C25H32ClN7O4S. The molecule has 4 rings (SSSR count). The van der Waals surface area contributed by atoms with Crippen molar-refractivity contribution in [2.75, 3.05) is 39.6 Å². The summed E-state index contributed by atoms with van der Waals surface area (Å²) in [5.41, 5.74) is 0.942. The van der Waals surface area contributed by atoms with Crippen molar-refractivity contribution in [3.63, 3.8) is 0 Å². The zero-order chi connectivity index (χ0) is 27.6. The van der Waals surface area contributed by atoms with Gasteiger partial charge in [-0.2, -0.15) is 0 Å². The summed E-state index contributed by atoms with van der Waals surface area (Å²) in [4.78, 5) is 66.2. The Morgan fingerprint density at radius 2 is 1.87 bits per heavy atom. The number of hydrogen-bond acceptors (Lipinski definition) is 8. The maximum atomic E-state index is 13.2. The van der Waals surface area contributed by atoms with Crippen LogP contribution in [0, 0.1) is 5.92 Å². The van der Waals surface area contributed by atoms with Crippen LogP contribution in [0.25, 0.3) is 0 Å². The van der Waals surface area contributed by atoms with Gasteiger partial charge in [0, 0.05) is 63.7 Å². The molecule has 2 N–H and O–H groups in total. The number of halogens is 1. The van der Waals surface area contributed by atoms with E-state index in [1.54, 1.807) is 26.2 Å². The summed E-state index contributed by atoms with van der Waals surface area (Å²) >= 11 is 7.23. The van der Waals surface area contributed by atoms with E-state index in [2.05, 4.69) is 25.5 Å². The molecule has 1 unspecified atom stereocenters. The molecule has 3 heterocycles. The third-order valence-corrected chi connectivity index (χ3v) is 8.25. The zero-order valence-corrected chi connectivity index (χ0v) is 23.4. The van der Waals surface area contributed by atoms with Crippen LogP contribution >= 0.6 is 22.9 Å². The topological polar surface area (TPSA) is 128 Å². The number of carbonyl (C=O) groups excluding carboxylic acids is 4. The van der Waals surface area contributed by atoms with Gasteiger partial charge < -0.3 is 20.4 Å². The summed E-state index contributed by atoms with van der Waals surface area (Å²) in [6, 6.07) is 2.03. The first kappa shape index (κ1) is 27.9. The molecule has 0 spiro atoms. The first-order valence-electron chi connectivity index (χ1n) is 12.4. The largest absolute Gasteiger partial charge is 0.349 e. The third-order valence-electron chi connectivity index (χ3n) is 6.94. The molecule has 0 bridgehead atoms. The Hall–Kier alpha value is -3.09. The lowest BCUT2D eigenvalue weighted by molar-refractivity contribution is -0.138. The molecule has 2 aromatic rings. The van der Waals surface area contributed by atoms with Crippen molar-refractivity contribution >= 4 is 52.4 Å². The summed E-state index contributed by atoms with van der Waals surface area (Å²) in [5.74, 6) is -2.03. The molecule has 0 aromatic carbocycles. The van der Waals surface area contributed by atoms with Gasteiger partial charge in [0.2, 0.25) is 5.91 Å². The first-order chi connectivity index (χ1) is 18.0. The number of hydrogen-bond donors (Lipinski definition) is 2. The molecule has 1 aliphatic heterocycles. The molecule has 1 fully saturated rings. The van der Waals surface area contributed by atoms with Crippen LogP contribution in [0.3, 0.4) is 0 Å². The van der Waals surface area contributed by atoms with Gasteiger partial charge in [0.15, 0.2) is 5.01 Å². The Morgan fingerprint density at radius 1 is 1.11 bits per heavy atom. The van der Waals surface area contributed by atoms with E-state index in [9.17, 15) is 19.2 Å². The molecule has 204 valence electrons. The van der Waals surface area contributed by atoms with E-state index in [-0.39, 0.29) is 23.6 Å². The number of carbonyl (C=O) groups is 4. The van der Waals surface area contributed by atoms with Crippen LogP contribution in [0.4, 0.5) is 5.82 Å². The van der Waals surface area contributed by atoms with E-state index < -0.39 is 23.9 Å². The number of rotatable bonds is 5. The van der Waals surface area contributed by atoms with Gasteiger partial charge in [-0.05, 0) is 38.4 Å². The van der Waals surface area contributed by atoms with E-state index in [4.69, 9.17) is 11.6 Å². The van der Waals surface area contributed by atoms with Gasteiger partial charge in [-0.1, -0.05) is 11.6 Å². The smallest absolute Gasteiger partial charge is 0.317 e. The molecule has 2 aromatic heterocycles. The second-order valence-corrected chi connectivity index (χ2v) is 11.5. The van der Waals surface area contributed by atoms with Crippen molar-refractivity contribution in [3.8, 4) is 0 Å². The highest BCUT2D eigenvalue weighted by molar-refractivity contribution is 7.13. The number of anilines is 1. The molecular weight excluding hydrogens is 530 g/mol. The third kappa shape index (κ3) is 6.30. The molecule has 2 aliphatic rings. The van der Waals surface area contributed by atoms with Gasteiger partial charge in [-0.3, -0.25) is 24.1 Å². The van der Waals surface area contributed by atoms with E-state index >= 15 is 0 Å². The van der Waals surface area contributed by atoms with Gasteiger partial charge in [0.25, 0.3) is 5.91 Å². The van der Waals surface area contributed by atoms with Crippen LogP contribution < -0.4 is 15.5 Å². The Morgan fingerprint density at radius 3 is 2.55 bits per heavy atom. The minimum atomic E-state index is -0.821. The molecule has 1 saturated carbocycles. The Bertz CT molecular complexity index is 1220. The Labute approximate surface area is 230 Å². The number of nitrogens with one attached hydrogen (secondary N) is 2. The summed E-state index contributed by atoms with van der Waals surface area (Å²) in [6.45, 7) is 1.64. The van der Waals surface area contributed by atoms with E-state index in [0.29, 0.717) is 29.3 Å². The number of aromatic nitrogens is 2. The van der Waals surface area contributed by atoms with Crippen LogP contribution in [-0.2, 0) is 27.3 Å². The van der Waals surface area contributed by atoms with Crippen LogP contribution in [0.1, 0.15) is 39.6 Å². The van der Waals surface area contributed by atoms with Crippen molar-refractivity contribution in [3.05, 3.63) is 38.9 Å². The number of pyridine rings is 1. The van der Waals surface area contributed by atoms with E-state index in [0.717, 1.165) is 35.0 Å². The summed E-state index contributed by atoms with van der Waals surface area (Å²) in [5, 5.41) is 6.56. The lowest BCUT2D eigenvalue weighted by Gasteiger charge is -2.37. The minimum Gasteiger partial charge on any atom is -0.349 e. The predicted molar refractivity (Wildman–Crippen MR) is 144 cm³/mol. The highest BCUT2D eigenvalue weighted by Crippen LogP contribution is 2.28. The fourth-order valence-electron chi connectivity index (χ4n) is 4.80. The molecule has 13 heteroatoms. The normalized spacial score (nSPS) is 21.2. The number of nitrogens with zero attached hydrogens (tertiary/aromatic N) is 5. The fourth-order valence-corrected chi connectivity index (χ4v) is 6.00. The second-order valence-electron chi connectivity index (χ2n) is 9.98. The minimum absolute atomic E-state index is 0.0357. The number of likely N-dealkylation sites (N-methyl/N-ethyl adjacent to an activating group) is 2. The predicted octanol–water partition coefficient (Wildman–Crippen LogP) is 1.31. The SMILES string of the molecule is CN1CCc2nc(C(=O)NC3C[C@@H](C(=O)N(C)C)CC[C@@H]3NC(=O)C(=O)N(C)c3ccc(Cl)cn3)sc2C1. The van der Waals surface area contributed by atoms with E-state index in [1.807, 2.05) is 7.05 Å². The molecule has 0 saturated heterocycles. The second kappa shape index (κ2) is 11.7. The molecule has 0 radical (unpaired) electrons. The molecule has 1 aliphatic carbocycles. The van der Waals surface area contributed by atoms with Crippen LogP contribution in [-0.4, -0.2) is 90.2 Å². The summed E-state index contributed by atoms with van der Waals surface area (Å²) in [7, 11) is 6.87. The van der Waals surface area contributed by atoms with E-state index in [1.165, 1.54) is 29.5 Å². The van der Waals surface area contributed by atoms with Crippen molar-refractivity contribution in [2.45, 2.75) is 44.3 Å². The average molecular weight is 562 g/mol. The van der Waals surface area contributed by atoms with Gasteiger partial charge >= 0.3 is 11.8 Å². The van der Waals surface area contributed by atoms with Gasteiger partial charge in [0.1, 0.15) is 5.82 Å².